The van der Waals surface area contributed by atoms with Crippen LogP contribution in [0.4, 0.5) is 10.8 Å². The number of hydrogen-bond donors (Lipinski definition) is 2. The smallest absolute Gasteiger partial charge is 0.291 e. The van der Waals surface area contributed by atoms with Gasteiger partial charge in [-0.3, -0.25) is 14.8 Å². The van der Waals surface area contributed by atoms with Gasteiger partial charge in [-0.05, 0) is 53.2 Å². The molecule has 0 saturated carbocycles. The second-order valence-electron chi connectivity index (χ2n) is 5.43. The standard InChI is InChI=1S/C16H12BrClN4O3S2/c1-9-2-4-10(5-3-9)14(23)19-15-20-21-16(26-15)27(24,25)22-11-6-7-12(17)13(18)8-11/h2-8,22H,1H3,(H,19,20,23). The average molecular weight is 488 g/mol. The van der Waals surface area contributed by atoms with Crippen LogP contribution in [0.25, 0.3) is 0 Å². The van der Waals surface area contributed by atoms with Gasteiger partial charge in [0.25, 0.3) is 20.3 Å². The first-order valence-corrected chi connectivity index (χ1v) is 10.9. The number of anilines is 2. The van der Waals surface area contributed by atoms with Crippen LogP contribution in [0, 0.1) is 6.92 Å². The van der Waals surface area contributed by atoms with Gasteiger partial charge in [-0.25, -0.2) is 0 Å². The molecule has 3 rings (SSSR count). The van der Waals surface area contributed by atoms with Crippen LogP contribution < -0.4 is 10.0 Å². The van der Waals surface area contributed by atoms with Crippen LogP contribution in [-0.2, 0) is 10.0 Å². The van der Waals surface area contributed by atoms with Gasteiger partial charge in [-0.1, -0.05) is 40.6 Å². The first kappa shape index (κ1) is 19.7. The largest absolute Gasteiger partial charge is 0.296 e. The number of benzene rings is 2. The van der Waals surface area contributed by atoms with Gasteiger partial charge < -0.3 is 0 Å². The molecular weight excluding hydrogens is 476 g/mol. The van der Waals surface area contributed by atoms with E-state index in [1.54, 1.807) is 36.4 Å². The number of nitrogens with zero attached hydrogens (tertiary/aromatic N) is 2. The highest BCUT2D eigenvalue weighted by Gasteiger charge is 2.21. The lowest BCUT2D eigenvalue weighted by Crippen LogP contribution is -2.12. The molecule has 11 heteroatoms. The van der Waals surface area contributed by atoms with Crippen molar-refractivity contribution in [1.82, 2.24) is 10.2 Å². The molecule has 2 aromatic carbocycles. The highest BCUT2D eigenvalue weighted by molar-refractivity contribution is 9.10. The number of hydrogen-bond acceptors (Lipinski definition) is 6. The van der Waals surface area contributed by atoms with Gasteiger partial charge >= 0.3 is 0 Å². The Labute approximate surface area is 173 Å². The van der Waals surface area contributed by atoms with E-state index in [1.165, 1.54) is 6.07 Å². The van der Waals surface area contributed by atoms with Crippen LogP contribution >= 0.6 is 38.9 Å². The Balaban J connectivity index is 1.74. The van der Waals surface area contributed by atoms with Crippen LogP contribution in [0.5, 0.6) is 0 Å². The summed E-state index contributed by atoms with van der Waals surface area (Å²) >= 11 is 9.94. The lowest BCUT2D eigenvalue weighted by molar-refractivity contribution is 0.102. The van der Waals surface area contributed by atoms with Gasteiger partial charge in [0.15, 0.2) is 0 Å². The zero-order chi connectivity index (χ0) is 19.6. The van der Waals surface area contributed by atoms with E-state index in [4.69, 9.17) is 11.6 Å². The lowest BCUT2D eigenvalue weighted by atomic mass is 10.1. The summed E-state index contributed by atoms with van der Waals surface area (Å²) in [6.45, 7) is 1.91. The minimum atomic E-state index is -3.96. The first-order chi connectivity index (χ1) is 12.7. The molecule has 0 radical (unpaired) electrons. The van der Waals surface area contributed by atoms with Crippen molar-refractivity contribution in [2.75, 3.05) is 10.0 Å². The summed E-state index contributed by atoms with van der Waals surface area (Å²) in [5, 5.41) is 10.3. The van der Waals surface area contributed by atoms with Crippen molar-refractivity contribution in [3.8, 4) is 0 Å². The van der Waals surface area contributed by atoms with E-state index in [9.17, 15) is 13.2 Å². The summed E-state index contributed by atoms with van der Waals surface area (Å²) < 4.78 is 27.6. The molecule has 7 nitrogen and oxygen atoms in total. The van der Waals surface area contributed by atoms with Crippen molar-refractivity contribution in [3.05, 3.63) is 63.1 Å². The number of aromatic nitrogens is 2. The molecule has 2 N–H and O–H groups in total. The van der Waals surface area contributed by atoms with Crippen LogP contribution in [0.1, 0.15) is 15.9 Å². The van der Waals surface area contributed by atoms with Crippen molar-refractivity contribution in [3.63, 3.8) is 0 Å². The van der Waals surface area contributed by atoms with Crippen molar-refractivity contribution >= 4 is 65.6 Å². The molecule has 0 unspecified atom stereocenters. The van der Waals surface area contributed by atoms with Gasteiger partial charge in [-0.15, -0.1) is 10.2 Å². The third kappa shape index (κ3) is 4.83. The molecule has 0 bridgehead atoms. The summed E-state index contributed by atoms with van der Waals surface area (Å²) in [4.78, 5) is 12.2. The number of carbonyl (C=O) groups is 1. The van der Waals surface area contributed by atoms with E-state index in [0.29, 0.717) is 15.1 Å². The monoisotopic (exact) mass is 486 g/mol. The third-order valence-electron chi connectivity index (χ3n) is 3.34. The molecule has 1 amide bonds. The SMILES string of the molecule is Cc1ccc(C(=O)Nc2nnc(S(=O)(=O)Nc3ccc(Br)c(Cl)c3)s2)cc1. The van der Waals surface area contributed by atoms with E-state index < -0.39 is 15.9 Å². The number of aryl methyl sites for hydroxylation is 1. The van der Waals surface area contributed by atoms with Crippen molar-refractivity contribution < 1.29 is 13.2 Å². The molecule has 27 heavy (non-hydrogen) atoms. The predicted octanol–water partition coefficient (Wildman–Crippen LogP) is 4.32. The fraction of sp³-hybridized carbons (Fsp3) is 0.0625. The Hall–Kier alpha value is -2.01. The van der Waals surface area contributed by atoms with Gasteiger partial charge in [-0.2, -0.15) is 8.42 Å². The van der Waals surface area contributed by atoms with Gasteiger partial charge in [0.2, 0.25) is 5.13 Å². The molecule has 140 valence electrons. The molecule has 0 atom stereocenters. The van der Waals surface area contributed by atoms with Crippen molar-refractivity contribution in [2.24, 2.45) is 0 Å². The average Bonchev–Trinajstić information content (AvgIpc) is 3.08. The number of carbonyl (C=O) groups excluding carboxylic acids is 1. The molecule has 0 fully saturated rings. The molecule has 0 spiro atoms. The van der Waals surface area contributed by atoms with E-state index in [1.807, 2.05) is 6.92 Å². The molecule has 1 aromatic heterocycles. The highest BCUT2D eigenvalue weighted by Crippen LogP contribution is 2.28. The molecule has 1 heterocycles. The third-order valence-corrected chi connectivity index (χ3v) is 7.16. The highest BCUT2D eigenvalue weighted by atomic mass is 79.9. The number of rotatable bonds is 5. The van der Waals surface area contributed by atoms with Gasteiger partial charge in [0, 0.05) is 10.0 Å². The quantitative estimate of drug-likeness (QED) is 0.522. The summed E-state index contributed by atoms with van der Waals surface area (Å²) in [5.41, 5.74) is 1.74. The van der Waals surface area contributed by atoms with Crippen LogP contribution in [0.15, 0.2) is 51.3 Å². The van der Waals surface area contributed by atoms with Crippen LogP contribution in [0.2, 0.25) is 5.02 Å². The van der Waals surface area contributed by atoms with Crippen molar-refractivity contribution in [2.45, 2.75) is 11.3 Å². The number of nitrogens with one attached hydrogen (secondary N) is 2. The molecular formula is C16H12BrClN4O3S2. The number of halogens is 2. The number of sulfonamides is 1. The fourth-order valence-electron chi connectivity index (χ4n) is 2.00. The van der Waals surface area contributed by atoms with E-state index >= 15 is 0 Å². The van der Waals surface area contributed by atoms with Crippen molar-refractivity contribution in [1.29, 1.82) is 0 Å². The van der Waals surface area contributed by atoms with Gasteiger partial charge in [0.05, 0.1) is 10.7 Å². The molecule has 0 saturated heterocycles. The Bertz CT molecular complexity index is 1100. The summed E-state index contributed by atoms with van der Waals surface area (Å²) in [6, 6.07) is 11.6. The van der Waals surface area contributed by atoms with Crippen LogP contribution in [-0.4, -0.2) is 24.5 Å². The van der Waals surface area contributed by atoms with E-state index in [-0.39, 0.29) is 15.2 Å². The predicted molar refractivity (Wildman–Crippen MR) is 109 cm³/mol. The maximum atomic E-state index is 12.4. The summed E-state index contributed by atoms with van der Waals surface area (Å²) in [6.07, 6.45) is 0. The minimum Gasteiger partial charge on any atom is -0.296 e. The molecule has 0 aliphatic rings. The first-order valence-electron chi connectivity index (χ1n) is 7.44. The summed E-state index contributed by atoms with van der Waals surface area (Å²) in [5.74, 6) is -0.400. The van der Waals surface area contributed by atoms with Gasteiger partial charge in [0.1, 0.15) is 0 Å². The second kappa shape index (κ2) is 7.93. The Morgan fingerprint density at radius 2 is 1.85 bits per heavy atom. The maximum absolute atomic E-state index is 12.4. The normalized spacial score (nSPS) is 11.2. The topological polar surface area (TPSA) is 101 Å². The minimum absolute atomic E-state index is 0.0785. The molecule has 0 aliphatic carbocycles. The number of amides is 1. The summed E-state index contributed by atoms with van der Waals surface area (Å²) in [7, 11) is -3.96. The Morgan fingerprint density at radius 3 is 2.52 bits per heavy atom. The Morgan fingerprint density at radius 1 is 1.15 bits per heavy atom. The fourth-order valence-corrected chi connectivity index (χ4v) is 4.37. The zero-order valence-electron chi connectivity index (χ0n) is 13.7. The Kier molecular flexibility index (Phi) is 5.80. The maximum Gasteiger partial charge on any atom is 0.291 e. The molecule has 3 aromatic rings. The second-order valence-corrected chi connectivity index (χ2v) is 9.52. The lowest BCUT2D eigenvalue weighted by Gasteiger charge is -2.06. The molecule has 0 aliphatic heterocycles. The van der Waals surface area contributed by atoms with Crippen LogP contribution in [0.3, 0.4) is 0 Å². The zero-order valence-corrected chi connectivity index (χ0v) is 17.7. The van der Waals surface area contributed by atoms with E-state index in [0.717, 1.165) is 16.9 Å². The van der Waals surface area contributed by atoms with E-state index in [2.05, 4.69) is 36.2 Å².